The Balaban J connectivity index is 2.09. The van der Waals surface area contributed by atoms with E-state index in [-0.39, 0.29) is 33.8 Å². The van der Waals surface area contributed by atoms with Gasteiger partial charge < -0.3 is 14.7 Å². The van der Waals surface area contributed by atoms with Crippen molar-refractivity contribution in [3.63, 3.8) is 0 Å². The molecular formula is C29H38N2O6S. The number of nitrogens with zero attached hydrogens (tertiary/aromatic N) is 2. The van der Waals surface area contributed by atoms with Gasteiger partial charge in [-0.2, -0.15) is 4.31 Å². The van der Waals surface area contributed by atoms with Gasteiger partial charge in [0.1, 0.15) is 5.76 Å². The summed E-state index contributed by atoms with van der Waals surface area (Å²) in [5.41, 5.74) is 1.97. The highest BCUT2D eigenvalue weighted by atomic mass is 32.2. The molecule has 38 heavy (non-hydrogen) atoms. The summed E-state index contributed by atoms with van der Waals surface area (Å²) < 4.78 is 32.2. The third kappa shape index (κ3) is 5.85. The van der Waals surface area contributed by atoms with Crippen LogP contribution in [-0.4, -0.2) is 67.8 Å². The summed E-state index contributed by atoms with van der Waals surface area (Å²) in [6.07, 6.45) is 0.526. The van der Waals surface area contributed by atoms with Gasteiger partial charge in [-0.05, 0) is 47.2 Å². The minimum atomic E-state index is -3.68. The molecule has 2 aromatic rings. The predicted octanol–water partition coefficient (Wildman–Crippen LogP) is 4.47. The Bertz CT molecular complexity index is 1290. The molecule has 1 heterocycles. The van der Waals surface area contributed by atoms with Crippen molar-refractivity contribution in [1.29, 1.82) is 0 Å². The van der Waals surface area contributed by atoms with E-state index in [1.54, 1.807) is 21.0 Å². The van der Waals surface area contributed by atoms with Crippen LogP contribution in [0.5, 0.6) is 0 Å². The number of carbonyl (C=O) groups excluding carboxylic acids is 2. The van der Waals surface area contributed by atoms with Gasteiger partial charge in [0.2, 0.25) is 10.0 Å². The Morgan fingerprint density at radius 2 is 1.58 bits per heavy atom. The molecule has 1 N–H and O–H groups in total. The molecule has 9 heteroatoms. The Morgan fingerprint density at radius 1 is 1.00 bits per heavy atom. The van der Waals surface area contributed by atoms with Gasteiger partial charge in [-0.25, -0.2) is 8.42 Å². The van der Waals surface area contributed by atoms with E-state index in [9.17, 15) is 23.1 Å². The lowest BCUT2D eigenvalue weighted by atomic mass is 9.85. The standard InChI is InChI=1S/C29H38N2O6S/c1-7-30(8-2)38(35,36)23-16-12-21(13-17-23)26(32)24-25(20-10-14-22(15-11-20)29(3,4)5)31(18-9-19-37-6)28(34)27(24)33/h10-17,25,32H,7-9,18-19H2,1-6H3/b26-24+. The van der Waals surface area contributed by atoms with Gasteiger partial charge in [0.25, 0.3) is 11.7 Å². The fourth-order valence-electron chi connectivity index (χ4n) is 4.65. The zero-order chi connectivity index (χ0) is 28.3. The number of ketones is 1. The second-order valence-electron chi connectivity index (χ2n) is 10.3. The van der Waals surface area contributed by atoms with Crippen molar-refractivity contribution in [3.05, 3.63) is 70.8 Å². The number of ether oxygens (including phenoxy) is 1. The van der Waals surface area contributed by atoms with Crippen molar-refractivity contribution < 1.29 is 27.9 Å². The van der Waals surface area contributed by atoms with Crippen LogP contribution in [0.3, 0.4) is 0 Å². The highest BCUT2D eigenvalue weighted by Gasteiger charge is 2.45. The van der Waals surface area contributed by atoms with Crippen LogP contribution in [0.15, 0.2) is 59.0 Å². The summed E-state index contributed by atoms with van der Waals surface area (Å²) >= 11 is 0. The molecule has 0 bridgehead atoms. The van der Waals surface area contributed by atoms with Gasteiger partial charge in [-0.3, -0.25) is 9.59 Å². The minimum Gasteiger partial charge on any atom is -0.507 e. The zero-order valence-electron chi connectivity index (χ0n) is 23.0. The maximum Gasteiger partial charge on any atom is 0.295 e. The first-order chi connectivity index (χ1) is 17.9. The van der Waals surface area contributed by atoms with Crippen molar-refractivity contribution in [2.75, 3.05) is 33.4 Å². The maximum atomic E-state index is 13.2. The van der Waals surface area contributed by atoms with Crippen molar-refractivity contribution in [2.24, 2.45) is 0 Å². The molecule has 1 aliphatic rings. The fraction of sp³-hybridized carbons (Fsp3) is 0.448. The molecule has 0 aromatic heterocycles. The lowest BCUT2D eigenvalue weighted by Crippen LogP contribution is -2.31. The van der Waals surface area contributed by atoms with Crippen LogP contribution in [0.4, 0.5) is 0 Å². The van der Waals surface area contributed by atoms with Gasteiger partial charge in [0, 0.05) is 38.9 Å². The van der Waals surface area contributed by atoms with Crippen LogP contribution in [0, 0.1) is 0 Å². The number of aliphatic hydroxyl groups is 1. The van der Waals surface area contributed by atoms with E-state index >= 15 is 0 Å². The lowest BCUT2D eigenvalue weighted by Gasteiger charge is -2.26. The van der Waals surface area contributed by atoms with E-state index in [4.69, 9.17) is 4.74 Å². The van der Waals surface area contributed by atoms with E-state index in [0.717, 1.165) is 5.56 Å². The van der Waals surface area contributed by atoms with Crippen molar-refractivity contribution >= 4 is 27.5 Å². The summed E-state index contributed by atoms with van der Waals surface area (Å²) in [6, 6.07) is 12.7. The number of aliphatic hydroxyl groups excluding tert-OH is 1. The molecule has 206 valence electrons. The van der Waals surface area contributed by atoms with Crippen LogP contribution in [0.25, 0.3) is 5.76 Å². The molecule has 0 spiro atoms. The highest BCUT2D eigenvalue weighted by molar-refractivity contribution is 7.89. The van der Waals surface area contributed by atoms with Gasteiger partial charge in [-0.15, -0.1) is 0 Å². The van der Waals surface area contributed by atoms with E-state index in [0.29, 0.717) is 31.7 Å². The summed E-state index contributed by atoms with van der Waals surface area (Å²) in [6.45, 7) is 11.2. The molecule has 0 aliphatic carbocycles. The van der Waals surface area contributed by atoms with Gasteiger partial charge in [-0.1, -0.05) is 58.9 Å². The largest absolute Gasteiger partial charge is 0.507 e. The number of rotatable bonds is 10. The monoisotopic (exact) mass is 542 g/mol. The third-order valence-electron chi connectivity index (χ3n) is 6.85. The first kappa shape index (κ1) is 29.5. The first-order valence-corrected chi connectivity index (χ1v) is 14.3. The van der Waals surface area contributed by atoms with Gasteiger partial charge in [0.05, 0.1) is 16.5 Å². The van der Waals surface area contributed by atoms with E-state index in [1.165, 1.54) is 33.5 Å². The summed E-state index contributed by atoms with van der Waals surface area (Å²) in [5.74, 6) is -1.80. The SMILES string of the molecule is CCN(CC)S(=O)(=O)c1ccc(/C(O)=C2\C(=O)C(=O)N(CCCOC)C2c2ccc(C(C)(C)C)cc2)cc1. The number of methoxy groups -OCH3 is 1. The number of hydrogen-bond donors (Lipinski definition) is 1. The number of sulfonamides is 1. The topological polar surface area (TPSA) is 104 Å². The van der Waals surface area contributed by atoms with Crippen LogP contribution >= 0.6 is 0 Å². The minimum absolute atomic E-state index is 0.0183. The third-order valence-corrected chi connectivity index (χ3v) is 8.91. The highest BCUT2D eigenvalue weighted by Crippen LogP contribution is 2.40. The van der Waals surface area contributed by atoms with E-state index in [1.807, 2.05) is 24.3 Å². The molecule has 1 amide bonds. The number of Topliss-reactive ketones (excluding diaryl/α,β-unsaturated/α-hetero) is 1. The zero-order valence-corrected chi connectivity index (χ0v) is 23.8. The Hall–Kier alpha value is -3.01. The average Bonchev–Trinajstić information content (AvgIpc) is 3.13. The van der Waals surface area contributed by atoms with Gasteiger partial charge in [0.15, 0.2) is 0 Å². The van der Waals surface area contributed by atoms with Crippen LogP contribution in [0.1, 0.15) is 63.8 Å². The molecule has 1 aliphatic heterocycles. The molecular weight excluding hydrogens is 504 g/mol. The van der Waals surface area contributed by atoms with E-state index < -0.39 is 27.8 Å². The summed E-state index contributed by atoms with van der Waals surface area (Å²) in [5, 5.41) is 11.3. The molecule has 1 saturated heterocycles. The average molecular weight is 543 g/mol. The van der Waals surface area contributed by atoms with Crippen LogP contribution in [0.2, 0.25) is 0 Å². The van der Waals surface area contributed by atoms with Crippen molar-refractivity contribution in [2.45, 2.75) is 57.4 Å². The molecule has 2 aromatic carbocycles. The summed E-state index contributed by atoms with van der Waals surface area (Å²) in [4.78, 5) is 27.9. The molecule has 1 atom stereocenters. The van der Waals surface area contributed by atoms with E-state index in [2.05, 4.69) is 20.8 Å². The van der Waals surface area contributed by atoms with Crippen LogP contribution < -0.4 is 0 Å². The number of likely N-dealkylation sites (tertiary alicyclic amines) is 1. The fourth-order valence-corrected chi connectivity index (χ4v) is 6.11. The number of amides is 1. The Labute approximate surface area is 226 Å². The molecule has 1 fully saturated rings. The van der Waals surface area contributed by atoms with Crippen LogP contribution in [-0.2, 0) is 29.8 Å². The normalized spacial score (nSPS) is 18.0. The maximum absolute atomic E-state index is 13.2. The number of carbonyl (C=O) groups is 2. The van der Waals surface area contributed by atoms with Gasteiger partial charge >= 0.3 is 0 Å². The van der Waals surface area contributed by atoms with Crippen molar-refractivity contribution in [3.8, 4) is 0 Å². The number of hydrogen-bond acceptors (Lipinski definition) is 6. The quantitative estimate of drug-likeness (QED) is 0.206. The smallest absolute Gasteiger partial charge is 0.295 e. The first-order valence-electron chi connectivity index (χ1n) is 12.9. The molecule has 0 radical (unpaired) electrons. The molecule has 0 saturated carbocycles. The van der Waals surface area contributed by atoms with Crippen molar-refractivity contribution in [1.82, 2.24) is 9.21 Å². The second kappa shape index (κ2) is 11.8. The Morgan fingerprint density at radius 3 is 2.08 bits per heavy atom. The second-order valence-corrected chi connectivity index (χ2v) is 12.3. The predicted molar refractivity (Wildman–Crippen MR) is 147 cm³/mol. The molecule has 3 rings (SSSR count). The molecule has 8 nitrogen and oxygen atoms in total. The lowest BCUT2D eigenvalue weighted by molar-refractivity contribution is -0.140. The summed E-state index contributed by atoms with van der Waals surface area (Å²) in [7, 11) is -2.11. The molecule has 1 unspecified atom stereocenters. The Kier molecular flexibility index (Phi) is 9.17. The number of benzene rings is 2.